The molecule has 0 saturated heterocycles. The smallest absolute Gasteiger partial charge is 0.337 e. The van der Waals surface area contributed by atoms with Gasteiger partial charge in [-0.05, 0) is 48.9 Å². The molecule has 0 aliphatic rings. The van der Waals surface area contributed by atoms with Crippen molar-refractivity contribution in [2.45, 2.75) is 6.92 Å². The zero-order valence-electron chi connectivity index (χ0n) is 10.3. The predicted molar refractivity (Wildman–Crippen MR) is 80.0 cm³/mol. The highest BCUT2D eigenvalue weighted by Gasteiger charge is 2.08. The average molecular weight is 321 g/mol. The summed E-state index contributed by atoms with van der Waals surface area (Å²) in [4.78, 5) is 11.0. The second-order valence-corrected chi connectivity index (χ2v) is 5.05. The molecule has 0 unspecified atom stereocenters. The van der Waals surface area contributed by atoms with Gasteiger partial charge in [-0.1, -0.05) is 15.9 Å². The fourth-order valence-corrected chi connectivity index (χ4v) is 1.95. The van der Waals surface area contributed by atoms with Crippen molar-refractivity contribution in [1.82, 2.24) is 0 Å². The molecule has 0 radical (unpaired) electrons. The summed E-state index contributed by atoms with van der Waals surface area (Å²) < 4.78 is 1.03. The fraction of sp³-hybridized carbons (Fsp3) is 0.0714. The molecular weight excluding hydrogens is 308 g/mol. The Balaban J connectivity index is 2.30. The quantitative estimate of drug-likeness (QED) is 0.752. The third-order valence-electron chi connectivity index (χ3n) is 2.73. The molecule has 2 rings (SSSR count). The fourth-order valence-electron chi connectivity index (χ4n) is 1.71. The van der Waals surface area contributed by atoms with Crippen molar-refractivity contribution in [2.24, 2.45) is 0 Å². The third-order valence-corrected chi connectivity index (χ3v) is 3.62. The Morgan fingerprint density at radius 1 is 1.21 bits per heavy atom. The summed E-state index contributed by atoms with van der Waals surface area (Å²) in [5, 5.41) is 12.2. The van der Waals surface area contributed by atoms with Gasteiger partial charge in [0.15, 0.2) is 0 Å². The largest absolute Gasteiger partial charge is 0.478 e. The minimum atomic E-state index is -1.03. The molecular formula is C14H13BrN2O2. The van der Waals surface area contributed by atoms with Crippen LogP contribution in [-0.4, -0.2) is 11.1 Å². The Labute approximate surface area is 119 Å². The van der Waals surface area contributed by atoms with E-state index in [1.54, 1.807) is 12.1 Å². The summed E-state index contributed by atoms with van der Waals surface area (Å²) in [6.07, 6.45) is 0. The van der Waals surface area contributed by atoms with Crippen LogP contribution in [0.1, 0.15) is 15.9 Å². The maximum Gasteiger partial charge on any atom is 0.337 e. The zero-order valence-corrected chi connectivity index (χ0v) is 11.9. The number of hydrogen-bond acceptors (Lipinski definition) is 3. The molecule has 0 aromatic heterocycles. The lowest BCUT2D eigenvalue weighted by Crippen LogP contribution is -2.03. The Bertz CT molecular complexity index is 641. The first kappa shape index (κ1) is 13.4. The van der Waals surface area contributed by atoms with Crippen LogP contribution in [0.15, 0.2) is 40.9 Å². The van der Waals surface area contributed by atoms with Crippen LogP contribution in [0.4, 0.5) is 17.1 Å². The highest BCUT2D eigenvalue weighted by atomic mass is 79.9. The van der Waals surface area contributed by atoms with Crippen LogP contribution < -0.4 is 11.1 Å². The van der Waals surface area contributed by atoms with Gasteiger partial charge in [0.05, 0.1) is 5.56 Å². The van der Waals surface area contributed by atoms with E-state index in [9.17, 15) is 4.79 Å². The lowest BCUT2D eigenvalue weighted by atomic mass is 10.1. The highest BCUT2D eigenvalue weighted by molar-refractivity contribution is 9.10. The van der Waals surface area contributed by atoms with Crippen molar-refractivity contribution in [3.8, 4) is 0 Å². The first-order valence-electron chi connectivity index (χ1n) is 5.63. The van der Waals surface area contributed by atoms with E-state index in [0.29, 0.717) is 5.69 Å². The molecule has 98 valence electrons. The lowest BCUT2D eigenvalue weighted by molar-refractivity contribution is 0.0698. The molecule has 0 bridgehead atoms. The van der Waals surface area contributed by atoms with Gasteiger partial charge in [-0.3, -0.25) is 0 Å². The first-order valence-corrected chi connectivity index (χ1v) is 6.42. The van der Waals surface area contributed by atoms with Crippen LogP contribution in [0.5, 0.6) is 0 Å². The Hall–Kier alpha value is -2.01. The second kappa shape index (κ2) is 5.32. The van der Waals surface area contributed by atoms with Gasteiger partial charge in [-0.15, -0.1) is 0 Å². The molecule has 0 fully saturated rings. The number of anilines is 3. The summed E-state index contributed by atoms with van der Waals surface area (Å²) in [5.41, 5.74) is 8.64. The Morgan fingerprint density at radius 3 is 2.47 bits per heavy atom. The van der Waals surface area contributed by atoms with Gasteiger partial charge in [-0.2, -0.15) is 0 Å². The number of hydrogen-bond donors (Lipinski definition) is 3. The molecule has 4 N–H and O–H groups in total. The Morgan fingerprint density at radius 2 is 1.84 bits per heavy atom. The minimum Gasteiger partial charge on any atom is -0.478 e. The molecule has 0 spiro atoms. The summed E-state index contributed by atoms with van der Waals surface area (Å²) in [5.74, 6) is -1.03. The molecule has 2 aromatic rings. The summed E-state index contributed by atoms with van der Waals surface area (Å²) in [6.45, 7) is 1.99. The topological polar surface area (TPSA) is 75.3 Å². The van der Waals surface area contributed by atoms with Gasteiger partial charge in [0, 0.05) is 21.5 Å². The lowest BCUT2D eigenvalue weighted by Gasteiger charge is -2.10. The van der Waals surface area contributed by atoms with E-state index in [2.05, 4.69) is 21.2 Å². The number of aryl methyl sites for hydroxylation is 1. The SMILES string of the molecule is Cc1cc(Nc2ccc(N)c(C(=O)O)c2)ccc1Br. The molecule has 19 heavy (non-hydrogen) atoms. The molecule has 4 nitrogen and oxygen atoms in total. The van der Waals surface area contributed by atoms with E-state index in [0.717, 1.165) is 15.7 Å². The summed E-state index contributed by atoms with van der Waals surface area (Å²) in [6, 6.07) is 10.7. The number of rotatable bonds is 3. The number of nitrogens with one attached hydrogen (secondary N) is 1. The van der Waals surface area contributed by atoms with Crippen LogP contribution in [-0.2, 0) is 0 Å². The zero-order chi connectivity index (χ0) is 14.0. The van der Waals surface area contributed by atoms with Crippen molar-refractivity contribution in [3.05, 3.63) is 52.0 Å². The van der Waals surface area contributed by atoms with Crippen LogP contribution in [0.25, 0.3) is 0 Å². The molecule has 0 saturated carbocycles. The number of benzene rings is 2. The minimum absolute atomic E-state index is 0.0961. The number of nitrogens with two attached hydrogens (primary N) is 1. The van der Waals surface area contributed by atoms with Crippen LogP contribution >= 0.6 is 15.9 Å². The summed E-state index contributed by atoms with van der Waals surface area (Å²) >= 11 is 3.43. The third kappa shape index (κ3) is 3.06. The van der Waals surface area contributed by atoms with Crippen LogP contribution in [0.2, 0.25) is 0 Å². The van der Waals surface area contributed by atoms with Gasteiger partial charge in [0.1, 0.15) is 0 Å². The van der Waals surface area contributed by atoms with E-state index < -0.39 is 5.97 Å². The molecule has 2 aromatic carbocycles. The second-order valence-electron chi connectivity index (χ2n) is 4.20. The molecule has 0 aliphatic heterocycles. The predicted octanol–water partition coefficient (Wildman–Crippen LogP) is 3.78. The molecule has 0 amide bonds. The maximum atomic E-state index is 11.0. The molecule has 0 atom stereocenters. The van der Waals surface area contributed by atoms with Crippen molar-refractivity contribution >= 4 is 39.0 Å². The van der Waals surface area contributed by atoms with E-state index >= 15 is 0 Å². The van der Waals surface area contributed by atoms with Gasteiger partial charge in [0.2, 0.25) is 0 Å². The molecule has 0 aliphatic carbocycles. The number of nitrogen functional groups attached to an aromatic ring is 1. The number of aromatic carboxylic acids is 1. The molecule has 5 heteroatoms. The van der Waals surface area contributed by atoms with Gasteiger partial charge in [0.25, 0.3) is 0 Å². The standard InChI is InChI=1S/C14H13BrN2O2/c1-8-6-9(2-4-12(8)15)17-10-3-5-13(16)11(7-10)14(18)19/h2-7,17H,16H2,1H3,(H,18,19). The van der Waals surface area contributed by atoms with Crippen molar-refractivity contribution < 1.29 is 9.90 Å². The van der Waals surface area contributed by atoms with Crippen molar-refractivity contribution in [1.29, 1.82) is 0 Å². The van der Waals surface area contributed by atoms with Crippen LogP contribution in [0.3, 0.4) is 0 Å². The Kier molecular flexibility index (Phi) is 3.76. The van der Waals surface area contributed by atoms with Crippen molar-refractivity contribution in [3.63, 3.8) is 0 Å². The summed E-state index contributed by atoms with van der Waals surface area (Å²) in [7, 11) is 0. The number of carbonyl (C=O) groups is 1. The monoisotopic (exact) mass is 320 g/mol. The van der Waals surface area contributed by atoms with Crippen molar-refractivity contribution in [2.75, 3.05) is 11.1 Å². The van der Waals surface area contributed by atoms with Gasteiger partial charge in [-0.25, -0.2) is 4.79 Å². The van der Waals surface area contributed by atoms with E-state index in [1.807, 2.05) is 25.1 Å². The normalized spacial score (nSPS) is 10.2. The molecule has 0 heterocycles. The van der Waals surface area contributed by atoms with Gasteiger partial charge >= 0.3 is 5.97 Å². The van der Waals surface area contributed by atoms with Crippen LogP contribution in [0, 0.1) is 6.92 Å². The van der Waals surface area contributed by atoms with E-state index in [-0.39, 0.29) is 11.3 Å². The highest BCUT2D eigenvalue weighted by Crippen LogP contribution is 2.25. The number of carboxylic acid groups (broad SMARTS) is 1. The average Bonchev–Trinajstić information content (AvgIpc) is 2.36. The number of halogens is 1. The van der Waals surface area contributed by atoms with E-state index in [4.69, 9.17) is 10.8 Å². The maximum absolute atomic E-state index is 11.0. The first-order chi connectivity index (χ1) is 8.97. The number of carboxylic acids is 1. The van der Waals surface area contributed by atoms with Gasteiger partial charge < -0.3 is 16.2 Å². The van der Waals surface area contributed by atoms with E-state index in [1.165, 1.54) is 6.07 Å².